The average molecular weight is 209 g/mol. The molecule has 0 aliphatic carbocycles. The molecule has 0 radical (unpaired) electrons. The molecule has 0 saturated heterocycles. The predicted octanol–water partition coefficient (Wildman–Crippen LogP) is 2.07. The van der Waals surface area contributed by atoms with Gasteiger partial charge in [-0.25, -0.2) is 0 Å². The van der Waals surface area contributed by atoms with Crippen LogP contribution in [0.3, 0.4) is 0 Å². The van der Waals surface area contributed by atoms with E-state index in [0.29, 0.717) is 5.69 Å². The molecule has 0 aromatic heterocycles. The largest absolute Gasteiger partial charge is 0.506 e. The van der Waals surface area contributed by atoms with Crippen molar-refractivity contribution in [2.45, 2.75) is 32.1 Å². The van der Waals surface area contributed by atoms with Crippen LogP contribution >= 0.6 is 0 Å². The van der Waals surface area contributed by atoms with Gasteiger partial charge in [-0.2, -0.15) is 0 Å². The topological polar surface area (TPSA) is 66.5 Å². The van der Waals surface area contributed by atoms with Crippen molar-refractivity contribution in [2.24, 2.45) is 0 Å². The summed E-state index contributed by atoms with van der Waals surface area (Å²) in [6, 6.07) is 5.36. The van der Waals surface area contributed by atoms with Crippen molar-refractivity contribution in [2.75, 3.05) is 12.3 Å². The van der Waals surface area contributed by atoms with Crippen LogP contribution in [0.25, 0.3) is 0 Å². The van der Waals surface area contributed by atoms with Gasteiger partial charge in [0.05, 0.1) is 5.69 Å². The molecule has 1 aromatic rings. The predicted molar refractivity (Wildman–Crippen MR) is 61.8 cm³/mol. The van der Waals surface area contributed by atoms with Gasteiger partial charge in [-0.3, -0.25) is 0 Å². The van der Waals surface area contributed by atoms with E-state index < -0.39 is 0 Å². The van der Waals surface area contributed by atoms with Crippen LogP contribution in [0.2, 0.25) is 0 Å². The Morgan fingerprint density at radius 2 is 1.80 bits per heavy atom. The maximum absolute atomic E-state index is 9.23. The molecule has 84 valence electrons. The van der Waals surface area contributed by atoms with Gasteiger partial charge in [0, 0.05) is 6.61 Å². The third-order valence-corrected chi connectivity index (χ3v) is 2.47. The summed E-state index contributed by atoms with van der Waals surface area (Å²) in [4.78, 5) is 0. The van der Waals surface area contributed by atoms with Gasteiger partial charge in [0.2, 0.25) is 0 Å². The van der Waals surface area contributed by atoms with E-state index in [1.54, 1.807) is 6.07 Å². The van der Waals surface area contributed by atoms with Crippen molar-refractivity contribution < 1.29 is 10.2 Å². The van der Waals surface area contributed by atoms with E-state index in [0.717, 1.165) is 37.7 Å². The second kappa shape index (κ2) is 6.30. The Labute approximate surface area is 90.5 Å². The molecule has 0 heterocycles. The van der Waals surface area contributed by atoms with Gasteiger partial charge in [0.25, 0.3) is 0 Å². The Balaban J connectivity index is 2.28. The number of anilines is 1. The maximum atomic E-state index is 9.23. The smallest absolute Gasteiger partial charge is 0.138 e. The molecule has 0 atom stereocenters. The minimum absolute atomic E-state index is 0.152. The van der Waals surface area contributed by atoms with Crippen molar-refractivity contribution in [3.63, 3.8) is 0 Å². The van der Waals surface area contributed by atoms with Crippen LogP contribution in [-0.2, 0) is 6.42 Å². The van der Waals surface area contributed by atoms with E-state index >= 15 is 0 Å². The van der Waals surface area contributed by atoms with Crippen molar-refractivity contribution in [3.8, 4) is 5.75 Å². The quantitative estimate of drug-likeness (QED) is 0.382. The highest BCUT2D eigenvalue weighted by Crippen LogP contribution is 2.21. The van der Waals surface area contributed by atoms with E-state index in [4.69, 9.17) is 10.8 Å². The fraction of sp³-hybridized carbons (Fsp3) is 0.500. The zero-order chi connectivity index (χ0) is 11.1. The molecule has 0 saturated carbocycles. The molecular formula is C12H19NO2. The standard InChI is InChI=1S/C12H19NO2/c13-11-9-10(6-7-12(11)15)5-3-1-2-4-8-14/h6-7,9,14-15H,1-5,8,13H2. The molecule has 0 aliphatic heterocycles. The summed E-state index contributed by atoms with van der Waals surface area (Å²) in [6.07, 6.45) is 5.17. The van der Waals surface area contributed by atoms with Crippen LogP contribution in [0.15, 0.2) is 18.2 Å². The number of aliphatic hydroxyl groups excluding tert-OH is 1. The zero-order valence-electron chi connectivity index (χ0n) is 8.95. The molecule has 0 aliphatic rings. The minimum atomic E-state index is 0.152. The minimum Gasteiger partial charge on any atom is -0.506 e. The van der Waals surface area contributed by atoms with Crippen LogP contribution in [0.4, 0.5) is 5.69 Å². The normalized spacial score (nSPS) is 10.5. The summed E-state index contributed by atoms with van der Waals surface area (Å²) in [7, 11) is 0. The van der Waals surface area contributed by atoms with Gasteiger partial charge in [0.15, 0.2) is 0 Å². The number of hydrogen-bond acceptors (Lipinski definition) is 3. The number of aryl methyl sites for hydroxylation is 1. The number of nitrogens with two attached hydrogens (primary N) is 1. The number of phenols is 1. The third kappa shape index (κ3) is 4.21. The van der Waals surface area contributed by atoms with Crippen LogP contribution in [0.1, 0.15) is 31.2 Å². The first-order chi connectivity index (χ1) is 7.24. The highest BCUT2D eigenvalue weighted by Gasteiger charge is 1.98. The molecule has 0 spiro atoms. The molecular weight excluding hydrogens is 190 g/mol. The average Bonchev–Trinajstić information content (AvgIpc) is 2.23. The highest BCUT2D eigenvalue weighted by molar-refractivity contribution is 5.53. The lowest BCUT2D eigenvalue weighted by molar-refractivity contribution is 0.282. The first kappa shape index (κ1) is 11.9. The Bertz CT molecular complexity index is 300. The molecule has 3 heteroatoms. The van der Waals surface area contributed by atoms with Crippen molar-refractivity contribution in [3.05, 3.63) is 23.8 Å². The molecule has 1 aromatic carbocycles. The summed E-state index contributed by atoms with van der Waals surface area (Å²) in [6.45, 7) is 0.284. The number of nitrogen functional groups attached to an aromatic ring is 1. The number of aliphatic hydroxyl groups is 1. The Morgan fingerprint density at radius 1 is 1.07 bits per heavy atom. The van der Waals surface area contributed by atoms with Crippen LogP contribution in [0, 0.1) is 0 Å². The van der Waals surface area contributed by atoms with Crippen molar-refractivity contribution >= 4 is 5.69 Å². The van der Waals surface area contributed by atoms with Crippen LogP contribution in [-0.4, -0.2) is 16.8 Å². The van der Waals surface area contributed by atoms with Crippen molar-refractivity contribution in [1.29, 1.82) is 0 Å². The van der Waals surface area contributed by atoms with E-state index in [9.17, 15) is 5.11 Å². The molecule has 0 unspecified atom stereocenters. The molecule has 15 heavy (non-hydrogen) atoms. The monoisotopic (exact) mass is 209 g/mol. The number of rotatable bonds is 6. The molecule has 0 amide bonds. The van der Waals surface area contributed by atoms with Crippen molar-refractivity contribution in [1.82, 2.24) is 0 Å². The molecule has 1 rings (SSSR count). The number of hydrogen-bond donors (Lipinski definition) is 3. The summed E-state index contributed by atoms with van der Waals surface area (Å²) in [5.41, 5.74) is 7.20. The first-order valence-electron chi connectivity index (χ1n) is 5.42. The van der Waals surface area contributed by atoms with Crippen LogP contribution < -0.4 is 5.73 Å². The maximum Gasteiger partial charge on any atom is 0.138 e. The summed E-state index contributed by atoms with van der Waals surface area (Å²) < 4.78 is 0. The van der Waals surface area contributed by atoms with Gasteiger partial charge >= 0.3 is 0 Å². The zero-order valence-corrected chi connectivity index (χ0v) is 8.95. The fourth-order valence-corrected chi connectivity index (χ4v) is 1.55. The second-order valence-corrected chi connectivity index (χ2v) is 3.78. The lowest BCUT2D eigenvalue weighted by atomic mass is 10.1. The van der Waals surface area contributed by atoms with Gasteiger partial charge in [-0.1, -0.05) is 18.9 Å². The van der Waals surface area contributed by atoms with E-state index in [2.05, 4.69) is 0 Å². The Hall–Kier alpha value is -1.22. The number of benzene rings is 1. The molecule has 4 N–H and O–H groups in total. The Kier molecular flexibility index (Phi) is 4.98. The van der Waals surface area contributed by atoms with E-state index in [1.807, 2.05) is 12.1 Å². The van der Waals surface area contributed by atoms with Gasteiger partial charge in [-0.15, -0.1) is 0 Å². The number of phenolic OH excluding ortho intramolecular Hbond substituents is 1. The lowest BCUT2D eigenvalue weighted by Gasteiger charge is -2.04. The summed E-state index contributed by atoms with van der Waals surface area (Å²) in [5.74, 6) is 0.152. The van der Waals surface area contributed by atoms with Crippen LogP contribution in [0.5, 0.6) is 5.75 Å². The molecule has 3 nitrogen and oxygen atoms in total. The Morgan fingerprint density at radius 3 is 2.47 bits per heavy atom. The van der Waals surface area contributed by atoms with Gasteiger partial charge in [0.1, 0.15) is 5.75 Å². The first-order valence-corrected chi connectivity index (χ1v) is 5.42. The van der Waals surface area contributed by atoms with Gasteiger partial charge < -0.3 is 15.9 Å². The second-order valence-electron chi connectivity index (χ2n) is 3.78. The number of unbranched alkanes of at least 4 members (excludes halogenated alkanes) is 3. The van der Waals surface area contributed by atoms with E-state index in [1.165, 1.54) is 0 Å². The lowest BCUT2D eigenvalue weighted by Crippen LogP contribution is -1.91. The summed E-state index contributed by atoms with van der Waals surface area (Å²) >= 11 is 0. The molecule has 0 bridgehead atoms. The van der Waals surface area contributed by atoms with Gasteiger partial charge in [-0.05, 0) is 37.0 Å². The fourth-order valence-electron chi connectivity index (χ4n) is 1.55. The summed E-state index contributed by atoms with van der Waals surface area (Å²) in [5, 5.41) is 17.8. The third-order valence-electron chi connectivity index (χ3n) is 2.47. The number of aromatic hydroxyl groups is 1. The SMILES string of the molecule is Nc1cc(CCCCCCO)ccc1O. The highest BCUT2D eigenvalue weighted by atomic mass is 16.3. The van der Waals surface area contributed by atoms with E-state index in [-0.39, 0.29) is 12.4 Å². The molecule has 0 fully saturated rings.